The van der Waals surface area contributed by atoms with Crippen molar-refractivity contribution in [2.24, 2.45) is 4.99 Å². The third-order valence-electron chi connectivity index (χ3n) is 3.13. The van der Waals surface area contributed by atoms with Gasteiger partial charge in [-0.3, -0.25) is 4.79 Å². The summed E-state index contributed by atoms with van der Waals surface area (Å²) in [6, 6.07) is 15.5. The summed E-state index contributed by atoms with van der Waals surface area (Å²) in [6.45, 7) is 3.01. The number of aliphatic imine (C=N–C) groups is 1. The quantitative estimate of drug-likeness (QED) is 0.356. The van der Waals surface area contributed by atoms with Gasteiger partial charge in [-0.2, -0.15) is 0 Å². The molecule has 0 bridgehead atoms. The number of rotatable bonds is 6. The minimum Gasteiger partial charge on any atom is -0.357 e. The number of nitrogens with zero attached hydrogens (tertiary/aromatic N) is 1. The fourth-order valence-electron chi connectivity index (χ4n) is 2.04. The Bertz CT molecular complexity index is 694. The average Bonchev–Trinajstić information content (AvgIpc) is 2.58. The summed E-state index contributed by atoms with van der Waals surface area (Å²) in [5.74, 6) is 0.0467. The van der Waals surface area contributed by atoms with E-state index in [1.54, 1.807) is 12.1 Å². The molecular weight excluding hydrogens is 434 g/mol. The normalized spacial score (nSPS) is 10.6. The molecule has 2 rings (SSSR count). The second kappa shape index (κ2) is 11.4. The summed E-state index contributed by atoms with van der Waals surface area (Å²) in [6.07, 6.45) is 0. The van der Waals surface area contributed by atoms with Crippen molar-refractivity contribution in [1.29, 1.82) is 0 Å². The topological polar surface area (TPSA) is 65.5 Å². The Balaban J connectivity index is 0.00000312. The van der Waals surface area contributed by atoms with Gasteiger partial charge in [-0.05, 0) is 36.8 Å². The molecule has 3 N–H and O–H groups in total. The maximum absolute atomic E-state index is 13.2. The molecule has 134 valence electrons. The van der Waals surface area contributed by atoms with Crippen LogP contribution in [0.1, 0.15) is 12.5 Å². The summed E-state index contributed by atoms with van der Waals surface area (Å²) in [5.41, 5.74) is 1.51. The van der Waals surface area contributed by atoms with Crippen molar-refractivity contribution >= 4 is 41.5 Å². The van der Waals surface area contributed by atoms with Gasteiger partial charge in [0, 0.05) is 12.2 Å². The highest BCUT2D eigenvalue weighted by molar-refractivity contribution is 14.0. The molecule has 0 unspecified atom stereocenters. The lowest BCUT2D eigenvalue weighted by atomic mass is 10.2. The molecule has 25 heavy (non-hydrogen) atoms. The van der Waals surface area contributed by atoms with Crippen molar-refractivity contribution in [2.75, 3.05) is 18.4 Å². The van der Waals surface area contributed by atoms with Crippen LogP contribution >= 0.6 is 24.0 Å². The Labute approximate surface area is 164 Å². The fraction of sp³-hybridized carbons (Fsp3) is 0.222. The molecule has 2 aromatic carbocycles. The van der Waals surface area contributed by atoms with Crippen molar-refractivity contribution in [2.45, 2.75) is 13.5 Å². The first-order valence-electron chi connectivity index (χ1n) is 7.79. The number of hydrogen-bond donors (Lipinski definition) is 3. The number of halogens is 2. The lowest BCUT2D eigenvalue weighted by molar-refractivity contribution is -0.115. The van der Waals surface area contributed by atoms with Crippen LogP contribution in [-0.2, 0) is 11.3 Å². The Kier molecular flexibility index (Phi) is 9.53. The van der Waals surface area contributed by atoms with Gasteiger partial charge in [-0.15, -0.1) is 24.0 Å². The predicted octanol–water partition coefficient (Wildman–Crippen LogP) is 3.14. The van der Waals surface area contributed by atoms with Gasteiger partial charge in [-0.25, -0.2) is 9.38 Å². The molecule has 0 atom stereocenters. The summed E-state index contributed by atoms with van der Waals surface area (Å²) in [4.78, 5) is 16.3. The van der Waals surface area contributed by atoms with Crippen LogP contribution in [0.4, 0.5) is 10.1 Å². The molecule has 0 saturated heterocycles. The average molecular weight is 456 g/mol. The van der Waals surface area contributed by atoms with E-state index >= 15 is 0 Å². The number of carbonyl (C=O) groups is 1. The Morgan fingerprint density at radius 2 is 1.84 bits per heavy atom. The lowest BCUT2D eigenvalue weighted by Crippen LogP contribution is -2.41. The van der Waals surface area contributed by atoms with Crippen LogP contribution in [0.25, 0.3) is 0 Å². The molecule has 7 heteroatoms. The number of carbonyl (C=O) groups excluding carboxylic acids is 1. The molecule has 0 aromatic heterocycles. The Morgan fingerprint density at radius 1 is 1.08 bits per heavy atom. The van der Waals surface area contributed by atoms with E-state index in [1.807, 2.05) is 37.3 Å². The molecule has 0 heterocycles. The predicted molar refractivity (Wildman–Crippen MR) is 110 cm³/mol. The van der Waals surface area contributed by atoms with E-state index < -0.39 is 0 Å². The zero-order chi connectivity index (χ0) is 17.2. The van der Waals surface area contributed by atoms with Crippen LogP contribution in [0, 0.1) is 5.82 Å². The molecule has 0 radical (unpaired) electrons. The second-order valence-electron chi connectivity index (χ2n) is 5.09. The van der Waals surface area contributed by atoms with Crippen molar-refractivity contribution < 1.29 is 9.18 Å². The Hall–Kier alpha value is -2.16. The van der Waals surface area contributed by atoms with E-state index in [-0.39, 0.29) is 42.2 Å². The molecule has 1 amide bonds. The van der Waals surface area contributed by atoms with Gasteiger partial charge in [0.25, 0.3) is 0 Å². The van der Waals surface area contributed by atoms with Crippen LogP contribution < -0.4 is 16.0 Å². The van der Waals surface area contributed by atoms with E-state index in [0.29, 0.717) is 19.0 Å². The van der Waals surface area contributed by atoms with Crippen molar-refractivity contribution in [3.8, 4) is 0 Å². The van der Waals surface area contributed by atoms with Crippen LogP contribution in [0.3, 0.4) is 0 Å². The standard InChI is InChI=1S/C18H21FN4O.HI/c1-2-20-18(21-12-14-7-6-8-15(19)11-14)22-13-17(24)23-16-9-4-3-5-10-16;/h3-11H,2,12-13H2,1H3,(H,23,24)(H2,20,21,22);1H. The van der Waals surface area contributed by atoms with Gasteiger partial charge in [0.2, 0.25) is 5.91 Å². The molecule has 0 saturated carbocycles. The highest BCUT2D eigenvalue weighted by Crippen LogP contribution is 2.05. The minimum atomic E-state index is -0.289. The number of guanidine groups is 1. The molecule has 0 aliphatic rings. The first-order chi connectivity index (χ1) is 11.7. The largest absolute Gasteiger partial charge is 0.357 e. The number of anilines is 1. The molecule has 5 nitrogen and oxygen atoms in total. The molecule has 2 aromatic rings. The third kappa shape index (κ3) is 7.97. The summed E-state index contributed by atoms with van der Waals surface area (Å²) in [7, 11) is 0. The van der Waals surface area contributed by atoms with Gasteiger partial charge in [0.1, 0.15) is 5.82 Å². The number of para-hydroxylation sites is 1. The fourth-order valence-corrected chi connectivity index (χ4v) is 2.04. The van der Waals surface area contributed by atoms with Crippen molar-refractivity contribution in [3.63, 3.8) is 0 Å². The molecule has 0 aliphatic heterocycles. The van der Waals surface area contributed by atoms with E-state index in [1.165, 1.54) is 12.1 Å². The van der Waals surface area contributed by atoms with E-state index in [2.05, 4.69) is 20.9 Å². The van der Waals surface area contributed by atoms with Gasteiger partial charge < -0.3 is 16.0 Å². The highest BCUT2D eigenvalue weighted by atomic mass is 127. The van der Waals surface area contributed by atoms with Gasteiger partial charge >= 0.3 is 0 Å². The third-order valence-corrected chi connectivity index (χ3v) is 3.13. The first kappa shape index (κ1) is 20.9. The molecular formula is C18H22FIN4O. The number of amides is 1. The van der Waals surface area contributed by atoms with E-state index in [0.717, 1.165) is 11.3 Å². The van der Waals surface area contributed by atoms with E-state index in [4.69, 9.17) is 0 Å². The summed E-state index contributed by atoms with van der Waals surface area (Å²) < 4.78 is 13.2. The monoisotopic (exact) mass is 456 g/mol. The second-order valence-corrected chi connectivity index (χ2v) is 5.09. The van der Waals surface area contributed by atoms with Gasteiger partial charge in [0.05, 0.1) is 13.1 Å². The van der Waals surface area contributed by atoms with Crippen LogP contribution in [0.5, 0.6) is 0 Å². The number of nitrogens with one attached hydrogen (secondary N) is 3. The maximum atomic E-state index is 13.2. The zero-order valence-corrected chi connectivity index (χ0v) is 16.3. The minimum absolute atomic E-state index is 0. The van der Waals surface area contributed by atoms with E-state index in [9.17, 15) is 9.18 Å². The lowest BCUT2D eigenvalue weighted by Gasteiger charge is -2.11. The molecule has 0 aliphatic carbocycles. The zero-order valence-electron chi connectivity index (χ0n) is 14.0. The smallest absolute Gasteiger partial charge is 0.243 e. The van der Waals surface area contributed by atoms with Gasteiger partial charge in [0.15, 0.2) is 5.96 Å². The maximum Gasteiger partial charge on any atom is 0.243 e. The van der Waals surface area contributed by atoms with Crippen LogP contribution in [0.2, 0.25) is 0 Å². The van der Waals surface area contributed by atoms with Crippen molar-refractivity contribution in [3.05, 3.63) is 66.0 Å². The highest BCUT2D eigenvalue weighted by Gasteiger charge is 2.04. The van der Waals surface area contributed by atoms with Crippen LogP contribution in [0.15, 0.2) is 59.6 Å². The first-order valence-corrected chi connectivity index (χ1v) is 7.79. The summed E-state index contributed by atoms with van der Waals surface area (Å²) >= 11 is 0. The van der Waals surface area contributed by atoms with Crippen molar-refractivity contribution in [1.82, 2.24) is 10.6 Å². The number of benzene rings is 2. The molecule has 0 fully saturated rings. The Morgan fingerprint density at radius 3 is 2.52 bits per heavy atom. The SMILES string of the molecule is CCNC(=NCc1cccc(F)c1)NCC(=O)Nc1ccccc1.I. The number of hydrogen-bond acceptors (Lipinski definition) is 2. The van der Waals surface area contributed by atoms with Crippen LogP contribution in [-0.4, -0.2) is 25.0 Å². The molecule has 0 spiro atoms. The van der Waals surface area contributed by atoms with Gasteiger partial charge in [-0.1, -0.05) is 30.3 Å². The summed E-state index contributed by atoms with van der Waals surface area (Å²) in [5, 5.41) is 8.80.